The molecule has 0 spiro atoms. The first-order valence-electron chi connectivity index (χ1n) is 5.47. The van der Waals surface area contributed by atoms with E-state index >= 15 is 0 Å². The average molecular weight is 330 g/mol. The van der Waals surface area contributed by atoms with Gasteiger partial charge in [-0.25, -0.2) is 0 Å². The molecule has 1 aliphatic heterocycles. The molecule has 9 nitrogen and oxygen atoms in total. The van der Waals surface area contributed by atoms with Gasteiger partial charge in [0.05, 0.1) is 12.4 Å². The van der Waals surface area contributed by atoms with Crippen molar-refractivity contribution >= 4 is 20.5 Å². The minimum absolute atomic E-state index is 0.157. The normalized spacial score (nSPS) is 14.9. The van der Waals surface area contributed by atoms with Gasteiger partial charge in [0, 0.05) is 18.9 Å². The average Bonchev–Trinajstić information content (AvgIpc) is 2.68. The molecule has 118 valence electrons. The first-order chi connectivity index (χ1) is 9.01. The highest BCUT2D eigenvalue weighted by atomic mass is 32.3. The fraction of sp³-hybridized carbons (Fsp3) is 0.556. The maximum absolute atomic E-state index is 10.4. The maximum Gasteiger partial charge on any atom is 0.394 e. The van der Waals surface area contributed by atoms with Gasteiger partial charge in [0.15, 0.2) is 0 Å². The summed E-state index contributed by atoms with van der Waals surface area (Å²) in [7, 11) is -8.47. The fourth-order valence-electron chi connectivity index (χ4n) is 1.35. The van der Waals surface area contributed by atoms with Gasteiger partial charge in [0.25, 0.3) is 10.1 Å². The van der Waals surface area contributed by atoms with Crippen molar-refractivity contribution in [2.45, 2.75) is 12.8 Å². The van der Waals surface area contributed by atoms with Crippen LogP contribution in [0.1, 0.15) is 12.8 Å². The Morgan fingerprint density at radius 2 is 1.65 bits per heavy atom. The fourth-order valence-corrected chi connectivity index (χ4v) is 1.92. The van der Waals surface area contributed by atoms with E-state index in [9.17, 15) is 8.42 Å². The third-order valence-electron chi connectivity index (χ3n) is 2.15. The second-order valence-corrected chi connectivity index (χ2v) is 6.36. The second kappa shape index (κ2) is 8.21. The third-order valence-corrected chi connectivity index (χ3v) is 2.95. The summed E-state index contributed by atoms with van der Waals surface area (Å²) in [6.45, 7) is 5.19. The van der Waals surface area contributed by atoms with Crippen molar-refractivity contribution < 1.29 is 30.5 Å². The molecular weight excluding hydrogens is 312 g/mol. The molecule has 0 atom stereocenters. The summed E-state index contributed by atoms with van der Waals surface area (Å²) in [6.07, 6.45) is 6.81. The monoisotopic (exact) mass is 330 g/mol. The van der Waals surface area contributed by atoms with Crippen LogP contribution >= 0.6 is 0 Å². The Labute approximate surface area is 118 Å². The number of unbranched alkanes of at least 4 members (excludes halogenated alkanes) is 1. The Hall–Kier alpha value is -1.14. The third kappa shape index (κ3) is 13.3. The van der Waals surface area contributed by atoms with Gasteiger partial charge in [-0.05, 0) is 19.0 Å². The minimum Gasteiger partial charge on any atom is -0.358 e. The summed E-state index contributed by atoms with van der Waals surface area (Å²) in [5.41, 5.74) is 0. The van der Waals surface area contributed by atoms with Crippen LogP contribution < -0.4 is 0 Å². The molecule has 0 fully saturated rings. The molecule has 0 aromatic heterocycles. The Morgan fingerprint density at radius 3 is 2.05 bits per heavy atom. The van der Waals surface area contributed by atoms with Crippen LogP contribution in [0.4, 0.5) is 0 Å². The standard InChI is InChI=1S/C9H16N2O3S.H2O4S/c1-2-10-6-7-11(9-10)5-3-4-8-15(12,13)14;1-5(2,3)4/h2,6-7H,1,3-5,8-9H2,(H,12,13,14);(H2,1,2,3,4). The van der Waals surface area contributed by atoms with Crippen molar-refractivity contribution in [3.05, 3.63) is 25.2 Å². The highest BCUT2D eigenvalue weighted by molar-refractivity contribution is 7.85. The minimum atomic E-state index is -4.67. The van der Waals surface area contributed by atoms with E-state index in [0.717, 1.165) is 19.6 Å². The first-order valence-corrected chi connectivity index (χ1v) is 8.47. The summed E-state index contributed by atoms with van der Waals surface area (Å²) in [6, 6.07) is 0. The van der Waals surface area contributed by atoms with Crippen LogP contribution in [0.2, 0.25) is 0 Å². The van der Waals surface area contributed by atoms with Crippen LogP contribution in [0.25, 0.3) is 0 Å². The number of nitrogens with zero attached hydrogens (tertiary/aromatic N) is 2. The van der Waals surface area contributed by atoms with Gasteiger partial charge in [0.2, 0.25) is 0 Å². The Balaban J connectivity index is 0.000000621. The number of hydrogen-bond acceptors (Lipinski definition) is 6. The van der Waals surface area contributed by atoms with Gasteiger partial charge in [-0.15, -0.1) is 0 Å². The van der Waals surface area contributed by atoms with Crippen LogP contribution in [0.3, 0.4) is 0 Å². The van der Waals surface area contributed by atoms with Crippen molar-refractivity contribution in [2.75, 3.05) is 19.0 Å². The Kier molecular flexibility index (Phi) is 7.75. The lowest BCUT2D eigenvalue weighted by molar-refractivity contribution is 0.310. The van der Waals surface area contributed by atoms with Gasteiger partial charge in [-0.1, -0.05) is 6.58 Å². The summed E-state index contributed by atoms with van der Waals surface area (Å²) < 4.78 is 61.0. The predicted octanol–water partition coefficient (Wildman–Crippen LogP) is 0.191. The van der Waals surface area contributed by atoms with Gasteiger partial charge >= 0.3 is 10.4 Å². The zero-order chi connectivity index (χ0) is 15.8. The lowest BCUT2D eigenvalue weighted by atomic mass is 10.3. The molecule has 0 unspecified atom stereocenters. The lowest BCUT2D eigenvalue weighted by Crippen LogP contribution is -2.23. The van der Waals surface area contributed by atoms with E-state index in [4.69, 9.17) is 22.1 Å². The quantitative estimate of drug-likeness (QED) is 0.460. The molecule has 1 heterocycles. The van der Waals surface area contributed by atoms with Crippen molar-refractivity contribution in [3.8, 4) is 0 Å². The van der Waals surface area contributed by atoms with E-state index in [-0.39, 0.29) is 5.75 Å². The molecule has 1 aliphatic rings. The van der Waals surface area contributed by atoms with E-state index in [1.54, 1.807) is 6.20 Å². The predicted molar refractivity (Wildman–Crippen MR) is 72.6 cm³/mol. The number of hydrogen-bond donors (Lipinski definition) is 3. The van der Waals surface area contributed by atoms with Crippen molar-refractivity contribution in [3.63, 3.8) is 0 Å². The lowest BCUT2D eigenvalue weighted by Gasteiger charge is -2.17. The van der Waals surface area contributed by atoms with Gasteiger partial charge in [-0.3, -0.25) is 13.7 Å². The topological polar surface area (TPSA) is 135 Å². The van der Waals surface area contributed by atoms with E-state index in [2.05, 4.69) is 11.5 Å². The van der Waals surface area contributed by atoms with Crippen molar-refractivity contribution in [2.24, 2.45) is 0 Å². The van der Waals surface area contributed by atoms with Gasteiger partial charge < -0.3 is 9.80 Å². The highest BCUT2D eigenvalue weighted by Crippen LogP contribution is 2.07. The summed E-state index contributed by atoms with van der Waals surface area (Å²) in [5.74, 6) is -0.157. The molecule has 0 aromatic carbocycles. The van der Waals surface area contributed by atoms with Gasteiger partial charge in [0.1, 0.15) is 0 Å². The summed E-state index contributed by atoms with van der Waals surface area (Å²) in [4.78, 5) is 3.99. The number of rotatable bonds is 6. The molecule has 0 saturated heterocycles. The second-order valence-electron chi connectivity index (χ2n) is 3.89. The van der Waals surface area contributed by atoms with E-state index < -0.39 is 20.5 Å². The molecule has 20 heavy (non-hydrogen) atoms. The van der Waals surface area contributed by atoms with Crippen LogP contribution in [0.15, 0.2) is 25.2 Å². The van der Waals surface area contributed by atoms with E-state index in [1.807, 2.05) is 17.3 Å². The Morgan fingerprint density at radius 1 is 1.10 bits per heavy atom. The van der Waals surface area contributed by atoms with E-state index in [0.29, 0.717) is 6.42 Å². The van der Waals surface area contributed by atoms with Crippen LogP contribution in [-0.2, 0) is 20.5 Å². The molecule has 0 amide bonds. The largest absolute Gasteiger partial charge is 0.394 e. The summed E-state index contributed by atoms with van der Waals surface area (Å²) >= 11 is 0. The molecule has 0 aromatic rings. The molecule has 11 heteroatoms. The molecule has 0 bridgehead atoms. The molecule has 3 N–H and O–H groups in total. The van der Waals surface area contributed by atoms with Crippen LogP contribution in [-0.4, -0.2) is 59.3 Å². The molecule has 0 radical (unpaired) electrons. The Bertz CT molecular complexity index is 518. The van der Waals surface area contributed by atoms with Crippen LogP contribution in [0, 0.1) is 0 Å². The van der Waals surface area contributed by atoms with Crippen LogP contribution in [0.5, 0.6) is 0 Å². The van der Waals surface area contributed by atoms with E-state index in [1.165, 1.54) is 0 Å². The zero-order valence-electron chi connectivity index (χ0n) is 10.7. The van der Waals surface area contributed by atoms with Gasteiger partial charge in [-0.2, -0.15) is 16.8 Å². The highest BCUT2D eigenvalue weighted by Gasteiger charge is 2.09. The zero-order valence-corrected chi connectivity index (χ0v) is 12.3. The SMILES string of the molecule is C=CN1C=CN(CCCCS(=O)(=O)O)C1.O=S(=O)(O)O. The molecular formula is C9H18N2O7S2. The smallest absolute Gasteiger partial charge is 0.358 e. The summed E-state index contributed by atoms with van der Waals surface area (Å²) in [5, 5.41) is 0. The first kappa shape index (κ1) is 18.9. The van der Waals surface area contributed by atoms with Crippen molar-refractivity contribution in [1.82, 2.24) is 9.80 Å². The van der Waals surface area contributed by atoms with Crippen molar-refractivity contribution in [1.29, 1.82) is 0 Å². The molecule has 1 rings (SSSR count). The molecule has 0 saturated carbocycles. The molecule has 0 aliphatic carbocycles. The maximum atomic E-state index is 10.4.